The lowest BCUT2D eigenvalue weighted by atomic mass is 10.0. The van der Waals surface area contributed by atoms with Crippen molar-refractivity contribution < 1.29 is 4.74 Å². The van der Waals surface area contributed by atoms with E-state index in [-0.39, 0.29) is 0 Å². The third-order valence-electron chi connectivity index (χ3n) is 5.25. The first-order chi connectivity index (χ1) is 13.7. The Labute approximate surface area is 173 Å². The molecule has 0 saturated carbocycles. The molecule has 1 aliphatic heterocycles. The van der Waals surface area contributed by atoms with Crippen LogP contribution in [-0.4, -0.2) is 14.2 Å². The number of hydrogen-bond acceptors (Lipinski definition) is 2. The van der Waals surface area contributed by atoms with E-state index in [1.807, 2.05) is 10.6 Å². The molecule has 3 heterocycles. The predicted octanol–water partition coefficient (Wildman–Crippen LogP) is 6.02. The first-order valence-corrected chi connectivity index (χ1v) is 10.2. The zero-order valence-corrected chi connectivity index (χ0v) is 16.7. The van der Waals surface area contributed by atoms with Crippen LogP contribution in [0.5, 0.6) is 5.75 Å². The SMILES string of the molecule is Clc1ccc(OCc2nn3cc(-c4ccccc4)c4c3n2CCCC4)c(Cl)c1. The van der Waals surface area contributed by atoms with Crippen molar-refractivity contribution in [2.45, 2.75) is 32.4 Å². The van der Waals surface area contributed by atoms with E-state index in [2.05, 4.69) is 35.0 Å². The molecule has 6 heteroatoms. The van der Waals surface area contributed by atoms with Gasteiger partial charge >= 0.3 is 0 Å². The second-order valence-electron chi connectivity index (χ2n) is 7.04. The van der Waals surface area contributed by atoms with Crippen LogP contribution in [0.4, 0.5) is 0 Å². The van der Waals surface area contributed by atoms with Gasteiger partial charge in [0.2, 0.25) is 0 Å². The maximum absolute atomic E-state index is 6.24. The summed E-state index contributed by atoms with van der Waals surface area (Å²) in [5.41, 5.74) is 5.05. The summed E-state index contributed by atoms with van der Waals surface area (Å²) in [4.78, 5) is 0. The Morgan fingerprint density at radius 3 is 2.71 bits per heavy atom. The third kappa shape index (κ3) is 3.07. The van der Waals surface area contributed by atoms with Crippen LogP contribution in [0.3, 0.4) is 0 Å². The van der Waals surface area contributed by atoms with Crippen molar-refractivity contribution in [2.24, 2.45) is 0 Å². The number of halogens is 2. The molecule has 0 saturated heterocycles. The van der Waals surface area contributed by atoms with E-state index < -0.39 is 0 Å². The van der Waals surface area contributed by atoms with Gasteiger partial charge in [0.1, 0.15) is 18.0 Å². The Morgan fingerprint density at radius 1 is 1.04 bits per heavy atom. The molecule has 2 aromatic heterocycles. The summed E-state index contributed by atoms with van der Waals surface area (Å²) in [6, 6.07) is 15.8. The molecule has 0 atom stereocenters. The van der Waals surface area contributed by atoms with Gasteiger partial charge in [-0.2, -0.15) is 0 Å². The van der Waals surface area contributed by atoms with Gasteiger partial charge in [-0.1, -0.05) is 53.5 Å². The zero-order chi connectivity index (χ0) is 19.1. The van der Waals surface area contributed by atoms with Gasteiger partial charge in [-0.3, -0.25) is 0 Å². The van der Waals surface area contributed by atoms with Crippen molar-refractivity contribution in [3.63, 3.8) is 0 Å². The molecule has 142 valence electrons. The second kappa shape index (κ2) is 7.19. The Balaban J connectivity index is 1.52. The molecular weight excluding hydrogens is 393 g/mol. The molecule has 0 bridgehead atoms. The van der Waals surface area contributed by atoms with Gasteiger partial charge in [0.05, 0.1) is 5.02 Å². The van der Waals surface area contributed by atoms with E-state index in [1.165, 1.54) is 28.8 Å². The van der Waals surface area contributed by atoms with Gasteiger partial charge in [0.25, 0.3) is 0 Å². The summed E-state index contributed by atoms with van der Waals surface area (Å²) in [5.74, 6) is 1.52. The van der Waals surface area contributed by atoms with E-state index in [0.29, 0.717) is 22.4 Å². The molecule has 0 unspecified atom stereocenters. The van der Waals surface area contributed by atoms with E-state index in [1.54, 1.807) is 18.2 Å². The second-order valence-corrected chi connectivity index (χ2v) is 7.89. The van der Waals surface area contributed by atoms with Crippen molar-refractivity contribution in [3.05, 3.63) is 76.2 Å². The molecule has 0 spiro atoms. The summed E-state index contributed by atoms with van der Waals surface area (Å²) < 4.78 is 10.2. The lowest BCUT2D eigenvalue weighted by molar-refractivity contribution is 0.289. The summed E-state index contributed by atoms with van der Waals surface area (Å²) in [7, 11) is 0. The number of ether oxygens (including phenoxy) is 1. The molecule has 4 nitrogen and oxygen atoms in total. The van der Waals surface area contributed by atoms with E-state index in [4.69, 9.17) is 33.0 Å². The minimum Gasteiger partial charge on any atom is -0.484 e. The molecule has 28 heavy (non-hydrogen) atoms. The maximum atomic E-state index is 6.24. The van der Waals surface area contributed by atoms with Crippen LogP contribution in [0.25, 0.3) is 16.8 Å². The number of aromatic nitrogens is 3. The average Bonchev–Trinajstić information content (AvgIpc) is 3.11. The molecule has 4 aromatic rings. The standard InChI is InChI=1S/C22H19Cl2N3O/c23-16-9-10-20(19(24)12-16)28-14-21-25-27-13-18(15-6-2-1-3-7-15)17-8-4-5-11-26(21)22(17)27/h1-3,6-7,9-10,12-13H,4-5,8,11,14H2. The minimum atomic E-state index is 0.364. The van der Waals surface area contributed by atoms with E-state index >= 15 is 0 Å². The van der Waals surface area contributed by atoms with Crippen molar-refractivity contribution >= 4 is 28.8 Å². The fourth-order valence-electron chi connectivity index (χ4n) is 3.94. The van der Waals surface area contributed by atoms with Gasteiger partial charge in [0.15, 0.2) is 5.82 Å². The molecular formula is C22H19Cl2N3O. The summed E-state index contributed by atoms with van der Waals surface area (Å²) in [5, 5.41) is 5.92. The molecule has 0 amide bonds. The number of benzene rings is 2. The highest BCUT2D eigenvalue weighted by molar-refractivity contribution is 6.35. The quantitative estimate of drug-likeness (QED) is 0.410. The van der Waals surface area contributed by atoms with Gasteiger partial charge in [-0.15, -0.1) is 5.10 Å². The molecule has 5 rings (SSSR count). The first kappa shape index (κ1) is 17.7. The first-order valence-electron chi connectivity index (χ1n) is 9.43. The Bertz CT molecular complexity index is 1150. The average molecular weight is 412 g/mol. The van der Waals surface area contributed by atoms with Crippen LogP contribution in [0.1, 0.15) is 24.2 Å². The minimum absolute atomic E-state index is 0.364. The van der Waals surface area contributed by atoms with Crippen LogP contribution < -0.4 is 4.74 Å². The number of rotatable bonds is 4. The largest absolute Gasteiger partial charge is 0.484 e. The number of aryl methyl sites for hydroxylation is 2. The summed E-state index contributed by atoms with van der Waals surface area (Å²) >= 11 is 12.2. The van der Waals surface area contributed by atoms with E-state index in [0.717, 1.165) is 25.2 Å². The van der Waals surface area contributed by atoms with Crippen molar-refractivity contribution in [1.29, 1.82) is 0 Å². The van der Waals surface area contributed by atoms with Crippen molar-refractivity contribution in [1.82, 2.24) is 14.2 Å². The molecule has 0 aliphatic carbocycles. The van der Waals surface area contributed by atoms with E-state index in [9.17, 15) is 0 Å². The van der Waals surface area contributed by atoms with Crippen LogP contribution in [-0.2, 0) is 19.6 Å². The topological polar surface area (TPSA) is 31.5 Å². The lowest BCUT2D eigenvalue weighted by Gasteiger charge is -2.10. The normalized spacial score (nSPS) is 13.6. The number of hydrogen-bond donors (Lipinski definition) is 0. The highest BCUT2D eigenvalue weighted by Crippen LogP contribution is 2.33. The molecule has 1 aliphatic rings. The number of nitrogens with zero attached hydrogens (tertiary/aromatic N) is 3. The van der Waals surface area contributed by atoms with Gasteiger partial charge < -0.3 is 9.30 Å². The highest BCUT2D eigenvalue weighted by atomic mass is 35.5. The third-order valence-corrected chi connectivity index (χ3v) is 5.78. The lowest BCUT2D eigenvalue weighted by Crippen LogP contribution is -2.07. The van der Waals surface area contributed by atoms with Crippen molar-refractivity contribution in [2.75, 3.05) is 0 Å². The fraction of sp³-hybridized carbons (Fsp3) is 0.227. The maximum Gasteiger partial charge on any atom is 0.169 e. The predicted molar refractivity (Wildman–Crippen MR) is 112 cm³/mol. The van der Waals surface area contributed by atoms with Gasteiger partial charge in [-0.05, 0) is 43.0 Å². The Morgan fingerprint density at radius 2 is 1.89 bits per heavy atom. The molecule has 0 radical (unpaired) electrons. The zero-order valence-electron chi connectivity index (χ0n) is 15.2. The van der Waals surface area contributed by atoms with Gasteiger partial charge in [0, 0.05) is 28.9 Å². The molecule has 2 aromatic carbocycles. The smallest absolute Gasteiger partial charge is 0.169 e. The Kier molecular flexibility index (Phi) is 4.53. The summed E-state index contributed by atoms with van der Waals surface area (Å²) in [6.07, 6.45) is 5.50. The van der Waals surface area contributed by atoms with Crippen molar-refractivity contribution in [3.8, 4) is 16.9 Å². The molecule has 0 fully saturated rings. The Hall–Kier alpha value is -2.43. The monoisotopic (exact) mass is 411 g/mol. The van der Waals surface area contributed by atoms with Gasteiger partial charge in [-0.25, -0.2) is 4.52 Å². The highest BCUT2D eigenvalue weighted by Gasteiger charge is 2.22. The molecule has 0 N–H and O–H groups in total. The summed E-state index contributed by atoms with van der Waals surface area (Å²) in [6.45, 7) is 1.31. The van der Waals surface area contributed by atoms with Crippen LogP contribution in [0.15, 0.2) is 54.7 Å². The van der Waals surface area contributed by atoms with Crippen LogP contribution in [0.2, 0.25) is 10.0 Å². The fourth-order valence-corrected chi connectivity index (χ4v) is 4.41. The van der Waals surface area contributed by atoms with Crippen LogP contribution >= 0.6 is 23.2 Å². The van der Waals surface area contributed by atoms with Crippen LogP contribution in [0, 0.1) is 0 Å².